The normalized spacial score (nSPS) is 18.8. The van der Waals surface area contributed by atoms with Crippen LogP contribution < -0.4 is 14.4 Å². The number of nitrogens with zero attached hydrogens (tertiary/aromatic N) is 2. The highest BCUT2D eigenvalue weighted by atomic mass is 16.5. The SMILES string of the molecule is COc1cc(OC)cc(C(=O)N2CCC(C(=O)N3c4ccccc4CC3C)CC2)c1. The molecule has 6 heteroatoms. The van der Waals surface area contributed by atoms with Crippen LogP contribution in [0, 0.1) is 5.92 Å². The maximum atomic E-state index is 13.3. The van der Waals surface area contributed by atoms with Gasteiger partial charge >= 0.3 is 0 Å². The van der Waals surface area contributed by atoms with Gasteiger partial charge in [0.2, 0.25) is 5.91 Å². The lowest BCUT2D eigenvalue weighted by molar-refractivity contribution is -0.124. The molecule has 2 aliphatic heterocycles. The third kappa shape index (κ3) is 3.74. The van der Waals surface area contributed by atoms with Crippen molar-refractivity contribution in [2.45, 2.75) is 32.2 Å². The van der Waals surface area contributed by atoms with Crippen LogP contribution in [-0.4, -0.2) is 50.1 Å². The number of hydrogen-bond acceptors (Lipinski definition) is 4. The van der Waals surface area contributed by atoms with Crippen molar-refractivity contribution in [1.29, 1.82) is 0 Å². The number of benzene rings is 2. The molecule has 6 nitrogen and oxygen atoms in total. The smallest absolute Gasteiger partial charge is 0.254 e. The summed E-state index contributed by atoms with van der Waals surface area (Å²) in [5, 5.41) is 0. The minimum Gasteiger partial charge on any atom is -0.497 e. The summed E-state index contributed by atoms with van der Waals surface area (Å²) in [6.07, 6.45) is 2.26. The molecule has 2 amide bonds. The first kappa shape index (κ1) is 20.3. The molecule has 0 radical (unpaired) electrons. The maximum absolute atomic E-state index is 13.3. The van der Waals surface area contributed by atoms with Gasteiger partial charge < -0.3 is 19.3 Å². The Morgan fingerprint density at radius 3 is 2.23 bits per heavy atom. The summed E-state index contributed by atoms with van der Waals surface area (Å²) in [5.74, 6) is 1.25. The fourth-order valence-electron chi connectivity index (χ4n) is 4.54. The Morgan fingerprint density at radius 1 is 0.967 bits per heavy atom. The van der Waals surface area contributed by atoms with Gasteiger partial charge in [0.15, 0.2) is 0 Å². The summed E-state index contributed by atoms with van der Waals surface area (Å²) in [7, 11) is 3.13. The second-order valence-electron chi connectivity index (χ2n) is 8.06. The molecule has 0 aromatic heterocycles. The third-order valence-electron chi connectivity index (χ3n) is 6.17. The quantitative estimate of drug-likeness (QED) is 0.777. The summed E-state index contributed by atoms with van der Waals surface area (Å²) in [6.45, 7) is 3.24. The molecule has 0 saturated carbocycles. The summed E-state index contributed by atoms with van der Waals surface area (Å²) < 4.78 is 10.6. The van der Waals surface area contributed by atoms with Crippen molar-refractivity contribution in [1.82, 2.24) is 4.90 Å². The van der Waals surface area contributed by atoms with E-state index in [1.807, 2.05) is 28.0 Å². The number of rotatable bonds is 4. The molecule has 2 aromatic carbocycles. The van der Waals surface area contributed by atoms with Gasteiger partial charge in [0, 0.05) is 42.4 Å². The van der Waals surface area contributed by atoms with E-state index in [2.05, 4.69) is 13.0 Å². The van der Waals surface area contributed by atoms with E-state index < -0.39 is 0 Å². The van der Waals surface area contributed by atoms with E-state index in [-0.39, 0.29) is 23.8 Å². The van der Waals surface area contributed by atoms with Gasteiger partial charge in [0.1, 0.15) is 11.5 Å². The first-order valence-electron chi connectivity index (χ1n) is 10.4. The second kappa shape index (κ2) is 8.38. The lowest BCUT2D eigenvalue weighted by Gasteiger charge is -2.34. The predicted octanol–water partition coefficient (Wildman–Crippen LogP) is 3.53. The van der Waals surface area contributed by atoms with E-state index in [1.165, 1.54) is 5.56 Å². The molecule has 2 aromatic rings. The fraction of sp³-hybridized carbons (Fsp3) is 0.417. The number of anilines is 1. The van der Waals surface area contributed by atoms with Gasteiger partial charge in [-0.3, -0.25) is 9.59 Å². The molecule has 30 heavy (non-hydrogen) atoms. The second-order valence-corrected chi connectivity index (χ2v) is 8.06. The van der Waals surface area contributed by atoms with Crippen molar-refractivity contribution in [3.8, 4) is 11.5 Å². The van der Waals surface area contributed by atoms with Crippen molar-refractivity contribution in [3.63, 3.8) is 0 Å². The minimum atomic E-state index is -0.0574. The fourth-order valence-corrected chi connectivity index (χ4v) is 4.54. The molecule has 0 bridgehead atoms. The standard InChI is InChI=1S/C24H28N2O4/c1-16-12-18-6-4-5-7-22(18)26(16)24(28)17-8-10-25(11-9-17)23(27)19-13-20(29-2)15-21(14-19)30-3/h4-7,13-17H,8-12H2,1-3H3. The van der Waals surface area contributed by atoms with Crippen molar-refractivity contribution in [2.75, 3.05) is 32.2 Å². The highest BCUT2D eigenvalue weighted by Crippen LogP contribution is 2.35. The number of amides is 2. The Bertz CT molecular complexity index is 928. The summed E-state index contributed by atoms with van der Waals surface area (Å²) in [5.41, 5.74) is 2.81. The number of ether oxygens (including phenoxy) is 2. The van der Waals surface area contributed by atoms with Crippen LogP contribution in [0.5, 0.6) is 11.5 Å². The largest absolute Gasteiger partial charge is 0.497 e. The van der Waals surface area contributed by atoms with Gasteiger partial charge in [-0.25, -0.2) is 0 Å². The number of para-hydroxylation sites is 1. The van der Waals surface area contributed by atoms with Gasteiger partial charge in [0.25, 0.3) is 5.91 Å². The third-order valence-corrected chi connectivity index (χ3v) is 6.17. The monoisotopic (exact) mass is 408 g/mol. The lowest BCUT2D eigenvalue weighted by atomic mass is 9.94. The number of fused-ring (bicyclic) bond motifs is 1. The molecule has 1 saturated heterocycles. The Hall–Kier alpha value is -3.02. The number of methoxy groups -OCH3 is 2. The summed E-state index contributed by atoms with van der Waals surface area (Å²) in [6, 6.07) is 13.5. The zero-order valence-electron chi connectivity index (χ0n) is 17.8. The van der Waals surface area contributed by atoms with Crippen LogP contribution >= 0.6 is 0 Å². The van der Waals surface area contributed by atoms with Crippen LogP contribution in [0.4, 0.5) is 5.69 Å². The summed E-state index contributed by atoms with van der Waals surface area (Å²) >= 11 is 0. The molecule has 0 aliphatic carbocycles. The molecule has 2 heterocycles. The van der Waals surface area contributed by atoms with Crippen LogP contribution in [0.15, 0.2) is 42.5 Å². The maximum Gasteiger partial charge on any atom is 0.254 e. The topological polar surface area (TPSA) is 59.1 Å². The van der Waals surface area contributed by atoms with Crippen LogP contribution in [0.1, 0.15) is 35.7 Å². The Morgan fingerprint density at radius 2 is 1.60 bits per heavy atom. The van der Waals surface area contributed by atoms with Gasteiger partial charge in [-0.15, -0.1) is 0 Å². The van der Waals surface area contributed by atoms with Crippen LogP contribution in [0.3, 0.4) is 0 Å². The molecule has 1 atom stereocenters. The number of carbonyl (C=O) groups is 2. The van der Waals surface area contributed by atoms with Gasteiger partial charge in [0.05, 0.1) is 14.2 Å². The molecule has 1 unspecified atom stereocenters. The number of piperidine rings is 1. The molecule has 2 aliphatic rings. The predicted molar refractivity (Wildman–Crippen MR) is 115 cm³/mol. The van der Waals surface area contributed by atoms with Gasteiger partial charge in [-0.1, -0.05) is 18.2 Å². The number of likely N-dealkylation sites (tertiary alicyclic amines) is 1. The highest BCUT2D eigenvalue weighted by molar-refractivity contribution is 5.98. The van der Waals surface area contributed by atoms with E-state index in [0.717, 1.165) is 12.1 Å². The van der Waals surface area contributed by atoms with Crippen LogP contribution in [-0.2, 0) is 11.2 Å². The van der Waals surface area contributed by atoms with Gasteiger partial charge in [-0.2, -0.15) is 0 Å². The van der Waals surface area contributed by atoms with E-state index in [1.54, 1.807) is 32.4 Å². The van der Waals surface area contributed by atoms with E-state index in [4.69, 9.17) is 9.47 Å². The Balaban J connectivity index is 1.43. The number of hydrogen-bond donors (Lipinski definition) is 0. The summed E-state index contributed by atoms with van der Waals surface area (Å²) in [4.78, 5) is 30.1. The lowest BCUT2D eigenvalue weighted by Crippen LogP contribution is -2.46. The zero-order chi connectivity index (χ0) is 21.3. The Kier molecular flexibility index (Phi) is 5.66. The zero-order valence-corrected chi connectivity index (χ0v) is 17.8. The molecular weight excluding hydrogens is 380 g/mol. The molecule has 4 rings (SSSR count). The first-order chi connectivity index (χ1) is 14.5. The highest BCUT2D eigenvalue weighted by Gasteiger charge is 2.36. The molecule has 0 N–H and O–H groups in total. The minimum absolute atomic E-state index is 0.0532. The van der Waals surface area contributed by atoms with E-state index in [9.17, 15) is 9.59 Å². The van der Waals surface area contributed by atoms with Crippen molar-refractivity contribution in [3.05, 3.63) is 53.6 Å². The average Bonchev–Trinajstić information content (AvgIpc) is 3.13. The van der Waals surface area contributed by atoms with Crippen LogP contribution in [0.25, 0.3) is 0 Å². The van der Waals surface area contributed by atoms with Crippen LogP contribution in [0.2, 0.25) is 0 Å². The van der Waals surface area contributed by atoms with E-state index in [0.29, 0.717) is 43.0 Å². The van der Waals surface area contributed by atoms with Crippen molar-refractivity contribution < 1.29 is 19.1 Å². The van der Waals surface area contributed by atoms with Crippen molar-refractivity contribution in [2.24, 2.45) is 5.92 Å². The van der Waals surface area contributed by atoms with Crippen molar-refractivity contribution >= 4 is 17.5 Å². The molecule has 0 spiro atoms. The van der Waals surface area contributed by atoms with E-state index >= 15 is 0 Å². The average molecular weight is 408 g/mol. The Labute approximate surface area is 177 Å². The molecule has 158 valence electrons. The molecule has 1 fully saturated rings. The first-order valence-corrected chi connectivity index (χ1v) is 10.4. The number of carbonyl (C=O) groups excluding carboxylic acids is 2. The van der Waals surface area contributed by atoms with Gasteiger partial charge in [-0.05, 0) is 49.9 Å². The molecular formula is C24H28N2O4.